The second-order valence-corrected chi connectivity index (χ2v) is 5.63. The van der Waals surface area contributed by atoms with Gasteiger partial charge in [0.2, 0.25) is 0 Å². The Hall–Kier alpha value is -0.840. The molecule has 4 heteroatoms. The maximum absolute atomic E-state index is 5.77. The van der Waals surface area contributed by atoms with Gasteiger partial charge in [0.15, 0.2) is 0 Å². The van der Waals surface area contributed by atoms with E-state index in [9.17, 15) is 0 Å². The van der Waals surface area contributed by atoms with Crippen LogP contribution in [-0.2, 0) is 13.1 Å². The Morgan fingerprint density at radius 1 is 1.24 bits per heavy atom. The second-order valence-electron chi connectivity index (χ2n) is 4.03. The number of hydrogen-bond acceptors (Lipinski definition) is 3. The first-order valence-electron chi connectivity index (χ1n) is 5.43. The molecule has 0 saturated carbocycles. The molecule has 0 bridgehead atoms. The number of anilines is 1. The number of hydrogen-bond donors (Lipinski definition) is 2. The van der Waals surface area contributed by atoms with E-state index >= 15 is 0 Å². The number of nitrogen functional groups attached to an aromatic ring is 1. The Morgan fingerprint density at radius 2 is 2.00 bits per heavy atom. The summed E-state index contributed by atoms with van der Waals surface area (Å²) in [5.41, 5.74) is 10.5. The Morgan fingerprint density at radius 3 is 2.71 bits per heavy atom. The first-order chi connectivity index (χ1) is 8.16. The maximum Gasteiger partial charge on any atom is 0.0318 e. The van der Waals surface area contributed by atoms with Crippen LogP contribution in [0.1, 0.15) is 16.7 Å². The number of nitrogens with one attached hydrogen (secondary N) is 1. The van der Waals surface area contributed by atoms with Gasteiger partial charge in [-0.3, -0.25) is 0 Å². The predicted molar refractivity (Wildman–Crippen MR) is 78.2 cm³/mol. The molecule has 0 aliphatic carbocycles. The molecule has 17 heavy (non-hydrogen) atoms. The van der Waals surface area contributed by atoms with Crippen LogP contribution in [0, 0.1) is 6.92 Å². The zero-order valence-electron chi connectivity index (χ0n) is 9.66. The number of thiophene rings is 1. The summed E-state index contributed by atoms with van der Waals surface area (Å²) in [6, 6.07) is 5.89. The van der Waals surface area contributed by atoms with Gasteiger partial charge in [0.25, 0.3) is 0 Å². The largest absolute Gasteiger partial charge is 0.399 e. The zero-order valence-corrected chi connectivity index (χ0v) is 12.1. The molecule has 1 heterocycles. The second kappa shape index (κ2) is 5.67. The highest BCUT2D eigenvalue weighted by atomic mass is 79.9. The minimum atomic E-state index is 0.803. The van der Waals surface area contributed by atoms with Crippen molar-refractivity contribution in [1.29, 1.82) is 0 Å². The van der Waals surface area contributed by atoms with Gasteiger partial charge in [-0.1, -0.05) is 15.9 Å². The van der Waals surface area contributed by atoms with Crippen LogP contribution in [-0.4, -0.2) is 0 Å². The van der Waals surface area contributed by atoms with Crippen LogP contribution < -0.4 is 11.1 Å². The van der Waals surface area contributed by atoms with Crippen molar-refractivity contribution in [3.05, 3.63) is 50.1 Å². The van der Waals surface area contributed by atoms with Gasteiger partial charge < -0.3 is 11.1 Å². The van der Waals surface area contributed by atoms with Crippen molar-refractivity contribution in [2.45, 2.75) is 20.0 Å². The van der Waals surface area contributed by atoms with Crippen LogP contribution in [0.4, 0.5) is 5.69 Å². The van der Waals surface area contributed by atoms with E-state index in [0.717, 1.165) is 23.2 Å². The Bertz CT molecular complexity index is 508. The predicted octanol–water partition coefficient (Wildman–Crippen LogP) is 3.69. The van der Waals surface area contributed by atoms with Gasteiger partial charge in [-0.2, -0.15) is 11.3 Å². The molecule has 0 aliphatic heterocycles. The molecule has 0 saturated heterocycles. The van der Waals surface area contributed by atoms with Crippen LogP contribution in [0.3, 0.4) is 0 Å². The first kappa shape index (κ1) is 12.6. The molecule has 0 aliphatic rings. The summed E-state index contributed by atoms with van der Waals surface area (Å²) in [5, 5.41) is 7.80. The first-order valence-corrected chi connectivity index (χ1v) is 7.16. The highest BCUT2D eigenvalue weighted by Gasteiger charge is 2.02. The quantitative estimate of drug-likeness (QED) is 0.845. The molecule has 0 radical (unpaired) electrons. The highest BCUT2D eigenvalue weighted by Crippen LogP contribution is 2.20. The molecule has 2 rings (SSSR count). The Balaban J connectivity index is 1.94. The van der Waals surface area contributed by atoms with Gasteiger partial charge >= 0.3 is 0 Å². The van der Waals surface area contributed by atoms with E-state index < -0.39 is 0 Å². The molecule has 0 fully saturated rings. The molecule has 3 N–H and O–H groups in total. The van der Waals surface area contributed by atoms with Gasteiger partial charge in [0.1, 0.15) is 0 Å². The lowest BCUT2D eigenvalue weighted by molar-refractivity contribution is 0.691. The molecule has 2 nitrogen and oxygen atoms in total. The maximum atomic E-state index is 5.77. The van der Waals surface area contributed by atoms with Crippen molar-refractivity contribution in [2.24, 2.45) is 0 Å². The number of nitrogens with two attached hydrogens (primary N) is 1. The van der Waals surface area contributed by atoms with E-state index in [1.165, 1.54) is 16.7 Å². The fraction of sp³-hybridized carbons (Fsp3) is 0.231. The lowest BCUT2D eigenvalue weighted by atomic mass is 10.2. The van der Waals surface area contributed by atoms with E-state index in [4.69, 9.17) is 5.73 Å². The Kier molecular flexibility index (Phi) is 4.20. The third-order valence-corrected chi connectivity index (χ3v) is 4.35. The van der Waals surface area contributed by atoms with E-state index in [0.29, 0.717) is 0 Å². The lowest BCUT2D eigenvalue weighted by Gasteiger charge is -2.07. The molecular weight excluding hydrogens is 296 g/mol. The molecule has 2 aromatic rings. The van der Waals surface area contributed by atoms with Crippen molar-refractivity contribution in [3.63, 3.8) is 0 Å². The average molecular weight is 311 g/mol. The summed E-state index contributed by atoms with van der Waals surface area (Å²) in [5.74, 6) is 0. The van der Waals surface area contributed by atoms with E-state index in [-0.39, 0.29) is 0 Å². The van der Waals surface area contributed by atoms with Gasteiger partial charge in [-0.15, -0.1) is 0 Å². The number of benzene rings is 1. The van der Waals surface area contributed by atoms with Crippen LogP contribution in [0.5, 0.6) is 0 Å². The third-order valence-electron chi connectivity index (χ3n) is 2.66. The molecule has 1 aromatic carbocycles. The van der Waals surface area contributed by atoms with Crippen LogP contribution >= 0.6 is 27.3 Å². The molecule has 0 amide bonds. The molecule has 0 unspecified atom stereocenters. The van der Waals surface area contributed by atoms with Crippen LogP contribution in [0.25, 0.3) is 0 Å². The monoisotopic (exact) mass is 310 g/mol. The summed E-state index contributed by atoms with van der Waals surface area (Å²) >= 11 is 5.28. The van der Waals surface area contributed by atoms with Crippen molar-refractivity contribution < 1.29 is 0 Å². The zero-order chi connectivity index (χ0) is 12.3. The SMILES string of the molecule is Cc1cscc1CNCc1cc(N)ccc1Br. The van der Waals surface area contributed by atoms with Gasteiger partial charge in [-0.25, -0.2) is 0 Å². The summed E-state index contributed by atoms with van der Waals surface area (Å²) in [4.78, 5) is 0. The lowest BCUT2D eigenvalue weighted by Crippen LogP contribution is -2.13. The molecule has 0 spiro atoms. The summed E-state index contributed by atoms with van der Waals surface area (Å²) < 4.78 is 1.10. The standard InChI is InChI=1S/C13H15BrN2S/c1-9-7-17-8-11(9)6-16-5-10-4-12(15)2-3-13(10)14/h2-4,7-8,16H,5-6,15H2,1H3. The normalized spacial score (nSPS) is 10.7. The van der Waals surface area contributed by atoms with E-state index in [2.05, 4.69) is 38.9 Å². The molecular formula is C13H15BrN2S. The molecule has 0 atom stereocenters. The smallest absolute Gasteiger partial charge is 0.0318 e. The van der Waals surface area contributed by atoms with Crippen molar-refractivity contribution in [1.82, 2.24) is 5.32 Å². The number of aryl methyl sites for hydroxylation is 1. The number of halogens is 1. The summed E-state index contributed by atoms with van der Waals surface area (Å²) in [7, 11) is 0. The van der Waals surface area contributed by atoms with Crippen molar-refractivity contribution in [2.75, 3.05) is 5.73 Å². The third kappa shape index (κ3) is 3.31. The van der Waals surface area contributed by atoms with Gasteiger partial charge in [-0.05, 0) is 52.6 Å². The van der Waals surface area contributed by atoms with Gasteiger partial charge in [0, 0.05) is 23.2 Å². The Labute approximate surface area is 114 Å². The topological polar surface area (TPSA) is 38.0 Å². The fourth-order valence-electron chi connectivity index (χ4n) is 1.63. The summed E-state index contributed by atoms with van der Waals surface area (Å²) in [6.07, 6.45) is 0. The average Bonchev–Trinajstić information content (AvgIpc) is 2.70. The molecule has 90 valence electrons. The van der Waals surface area contributed by atoms with E-state index in [1.807, 2.05) is 18.2 Å². The minimum absolute atomic E-state index is 0.803. The minimum Gasteiger partial charge on any atom is -0.399 e. The van der Waals surface area contributed by atoms with Crippen LogP contribution in [0.2, 0.25) is 0 Å². The molecule has 1 aromatic heterocycles. The van der Waals surface area contributed by atoms with E-state index in [1.54, 1.807) is 11.3 Å². The van der Waals surface area contributed by atoms with Gasteiger partial charge in [0.05, 0.1) is 0 Å². The summed E-state index contributed by atoms with van der Waals surface area (Å²) in [6.45, 7) is 3.86. The fourth-order valence-corrected chi connectivity index (χ4v) is 2.87. The highest BCUT2D eigenvalue weighted by molar-refractivity contribution is 9.10. The van der Waals surface area contributed by atoms with Crippen molar-refractivity contribution >= 4 is 33.0 Å². The van der Waals surface area contributed by atoms with Crippen molar-refractivity contribution in [3.8, 4) is 0 Å². The number of rotatable bonds is 4. The van der Waals surface area contributed by atoms with Crippen LogP contribution in [0.15, 0.2) is 33.4 Å².